The van der Waals surface area contributed by atoms with Crippen molar-refractivity contribution in [1.82, 2.24) is 0 Å². The average Bonchev–Trinajstić information content (AvgIpc) is 2.81. The van der Waals surface area contributed by atoms with Crippen LogP contribution in [0, 0.1) is 10.1 Å². The van der Waals surface area contributed by atoms with E-state index in [1.807, 2.05) is 0 Å². The van der Waals surface area contributed by atoms with Gasteiger partial charge in [-0.1, -0.05) is 0 Å². The van der Waals surface area contributed by atoms with E-state index in [9.17, 15) is 10.1 Å². The molecule has 6 heteroatoms. The summed E-state index contributed by atoms with van der Waals surface area (Å²) >= 11 is 0. The summed E-state index contributed by atoms with van der Waals surface area (Å²) in [7, 11) is 1.49. The van der Waals surface area contributed by atoms with Crippen LogP contribution >= 0.6 is 0 Å². The van der Waals surface area contributed by atoms with Gasteiger partial charge in [-0.25, -0.2) is 0 Å². The molecule has 0 spiro atoms. The van der Waals surface area contributed by atoms with Gasteiger partial charge >= 0.3 is 0 Å². The zero-order valence-corrected chi connectivity index (χ0v) is 9.51. The van der Waals surface area contributed by atoms with E-state index in [1.54, 1.807) is 6.07 Å². The molecule has 1 unspecified atom stereocenters. The van der Waals surface area contributed by atoms with Crippen LogP contribution < -0.4 is 10.1 Å². The topological polar surface area (TPSA) is 73.6 Å². The summed E-state index contributed by atoms with van der Waals surface area (Å²) in [6.07, 6.45) is 0.908. The Morgan fingerprint density at radius 3 is 2.94 bits per heavy atom. The number of nitrogens with zero attached hydrogens (tertiary/aromatic N) is 1. The van der Waals surface area contributed by atoms with Gasteiger partial charge in [0.05, 0.1) is 30.7 Å². The van der Waals surface area contributed by atoms with Crippen LogP contribution in [0.1, 0.15) is 6.42 Å². The van der Waals surface area contributed by atoms with Crippen molar-refractivity contribution < 1.29 is 14.4 Å². The molecular formula is C11H14N2O4. The summed E-state index contributed by atoms with van der Waals surface area (Å²) in [4.78, 5) is 10.3. The third kappa shape index (κ3) is 2.85. The Bertz CT molecular complexity index is 416. The molecule has 0 saturated carbocycles. The smallest absolute Gasteiger partial charge is 0.275 e. The Morgan fingerprint density at radius 2 is 2.35 bits per heavy atom. The number of anilines is 1. The summed E-state index contributed by atoms with van der Waals surface area (Å²) in [5.74, 6) is 0.473. The molecule has 1 aromatic carbocycles. The van der Waals surface area contributed by atoms with Gasteiger partial charge < -0.3 is 14.8 Å². The first-order valence-corrected chi connectivity index (χ1v) is 5.37. The molecule has 0 aliphatic carbocycles. The highest BCUT2D eigenvalue weighted by molar-refractivity contribution is 5.56. The molecule has 1 N–H and O–H groups in total. The second kappa shape index (κ2) is 5.01. The molecule has 0 bridgehead atoms. The zero-order chi connectivity index (χ0) is 12.3. The summed E-state index contributed by atoms with van der Waals surface area (Å²) in [5.41, 5.74) is 0.706. The van der Waals surface area contributed by atoms with Crippen LogP contribution in [0.2, 0.25) is 0 Å². The van der Waals surface area contributed by atoms with Crippen molar-refractivity contribution in [2.24, 2.45) is 0 Å². The van der Waals surface area contributed by atoms with Gasteiger partial charge in [0.2, 0.25) is 0 Å². The van der Waals surface area contributed by atoms with E-state index >= 15 is 0 Å². The first-order valence-electron chi connectivity index (χ1n) is 5.37. The number of ether oxygens (including phenoxy) is 2. The van der Waals surface area contributed by atoms with Gasteiger partial charge in [0, 0.05) is 24.4 Å². The maximum atomic E-state index is 10.8. The standard InChI is InChI=1S/C11H14N2O4/c1-16-11-5-9(4-10(6-11)13(14)15)12-8-2-3-17-7-8/h4-6,8,12H,2-3,7H2,1H3. The predicted octanol–water partition coefficient (Wildman–Crippen LogP) is 1.80. The van der Waals surface area contributed by atoms with E-state index in [0.717, 1.165) is 13.0 Å². The van der Waals surface area contributed by atoms with Gasteiger partial charge in [-0.2, -0.15) is 0 Å². The van der Waals surface area contributed by atoms with Gasteiger partial charge in [0.25, 0.3) is 5.69 Å². The van der Waals surface area contributed by atoms with E-state index < -0.39 is 4.92 Å². The molecule has 0 amide bonds. The van der Waals surface area contributed by atoms with Crippen molar-refractivity contribution in [2.75, 3.05) is 25.6 Å². The third-order valence-corrected chi connectivity index (χ3v) is 2.64. The van der Waals surface area contributed by atoms with E-state index in [0.29, 0.717) is 18.0 Å². The Hall–Kier alpha value is -1.82. The van der Waals surface area contributed by atoms with Crippen LogP contribution in [-0.2, 0) is 4.74 Å². The molecule has 2 rings (SSSR count). The van der Waals surface area contributed by atoms with E-state index in [4.69, 9.17) is 9.47 Å². The molecular weight excluding hydrogens is 224 g/mol. The fourth-order valence-electron chi connectivity index (χ4n) is 1.77. The maximum Gasteiger partial charge on any atom is 0.275 e. The third-order valence-electron chi connectivity index (χ3n) is 2.64. The number of rotatable bonds is 4. The quantitative estimate of drug-likeness (QED) is 0.639. The normalized spacial score (nSPS) is 19.0. The molecule has 1 aliphatic rings. The van der Waals surface area contributed by atoms with Crippen LogP contribution in [0.5, 0.6) is 5.75 Å². The summed E-state index contributed by atoms with van der Waals surface area (Å²) < 4.78 is 10.3. The fraction of sp³-hybridized carbons (Fsp3) is 0.455. The largest absolute Gasteiger partial charge is 0.496 e. The Balaban J connectivity index is 2.19. The number of benzene rings is 1. The number of nitro benzene ring substituents is 1. The number of nitrogens with one attached hydrogen (secondary N) is 1. The number of hydrogen-bond donors (Lipinski definition) is 1. The predicted molar refractivity (Wildman–Crippen MR) is 62.5 cm³/mol. The highest BCUT2D eigenvalue weighted by Crippen LogP contribution is 2.26. The number of methoxy groups -OCH3 is 1. The molecule has 1 saturated heterocycles. The molecule has 0 radical (unpaired) electrons. The Labute approximate surface area is 98.7 Å². The van der Waals surface area contributed by atoms with Crippen molar-refractivity contribution in [3.05, 3.63) is 28.3 Å². The number of hydrogen-bond acceptors (Lipinski definition) is 5. The average molecular weight is 238 g/mol. The molecule has 1 fully saturated rings. The summed E-state index contributed by atoms with van der Waals surface area (Å²) in [6, 6.07) is 4.85. The first kappa shape index (κ1) is 11.7. The molecule has 92 valence electrons. The molecule has 0 aromatic heterocycles. The van der Waals surface area contributed by atoms with Gasteiger partial charge in [0.15, 0.2) is 0 Å². The SMILES string of the molecule is COc1cc(NC2CCOC2)cc([N+](=O)[O-])c1. The second-order valence-electron chi connectivity index (χ2n) is 3.88. The van der Waals surface area contributed by atoms with Crippen LogP contribution in [0.3, 0.4) is 0 Å². The minimum atomic E-state index is -0.432. The molecule has 1 heterocycles. The zero-order valence-electron chi connectivity index (χ0n) is 9.51. The lowest BCUT2D eigenvalue weighted by atomic mass is 10.2. The molecule has 1 atom stereocenters. The lowest BCUT2D eigenvalue weighted by molar-refractivity contribution is -0.384. The minimum absolute atomic E-state index is 0.0192. The Kier molecular flexibility index (Phi) is 3.43. The van der Waals surface area contributed by atoms with Crippen LogP contribution in [0.25, 0.3) is 0 Å². The van der Waals surface area contributed by atoms with E-state index in [2.05, 4.69) is 5.32 Å². The monoisotopic (exact) mass is 238 g/mol. The highest BCUT2D eigenvalue weighted by Gasteiger charge is 2.17. The molecule has 1 aliphatic heterocycles. The van der Waals surface area contributed by atoms with Crippen molar-refractivity contribution in [2.45, 2.75) is 12.5 Å². The lowest BCUT2D eigenvalue weighted by Crippen LogP contribution is -2.18. The number of nitro groups is 1. The van der Waals surface area contributed by atoms with E-state index in [1.165, 1.54) is 19.2 Å². The number of non-ortho nitro benzene ring substituents is 1. The Morgan fingerprint density at radius 1 is 1.53 bits per heavy atom. The second-order valence-corrected chi connectivity index (χ2v) is 3.88. The minimum Gasteiger partial charge on any atom is -0.496 e. The molecule has 17 heavy (non-hydrogen) atoms. The van der Waals surface area contributed by atoms with Crippen molar-refractivity contribution in [1.29, 1.82) is 0 Å². The van der Waals surface area contributed by atoms with Gasteiger partial charge in [-0.05, 0) is 6.42 Å². The van der Waals surface area contributed by atoms with Crippen LogP contribution in [0.15, 0.2) is 18.2 Å². The molecule has 1 aromatic rings. The van der Waals surface area contributed by atoms with Crippen molar-refractivity contribution >= 4 is 11.4 Å². The van der Waals surface area contributed by atoms with Gasteiger partial charge in [0.1, 0.15) is 5.75 Å². The summed E-state index contributed by atoms with van der Waals surface area (Å²) in [6.45, 7) is 1.36. The lowest BCUT2D eigenvalue weighted by Gasteiger charge is -2.12. The van der Waals surface area contributed by atoms with Gasteiger partial charge in [-0.15, -0.1) is 0 Å². The summed E-state index contributed by atoms with van der Waals surface area (Å²) in [5, 5.41) is 14.0. The molecule has 6 nitrogen and oxygen atoms in total. The highest BCUT2D eigenvalue weighted by atomic mass is 16.6. The first-order chi connectivity index (χ1) is 8.19. The maximum absolute atomic E-state index is 10.8. The van der Waals surface area contributed by atoms with Crippen molar-refractivity contribution in [3.63, 3.8) is 0 Å². The fourth-order valence-corrected chi connectivity index (χ4v) is 1.77. The van der Waals surface area contributed by atoms with Crippen LogP contribution in [-0.4, -0.2) is 31.3 Å². The van der Waals surface area contributed by atoms with Crippen molar-refractivity contribution in [3.8, 4) is 5.75 Å². The van der Waals surface area contributed by atoms with Gasteiger partial charge in [-0.3, -0.25) is 10.1 Å². The van der Waals surface area contributed by atoms with Crippen LogP contribution in [0.4, 0.5) is 11.4 Å². The van der Waals surface area contributed by atoms with E-state index in [-0.39, 0.29) is 11.7 Å².